The molecule has 7 nitrogen and oxygen atoms in total. The number of methoxy groups -OCH3 is 1. The Hall–Kier alpha value is -1.18. The minimum atomic E-state index is -0.822. The maximum Gasteiger partial charge on any atom is 0.325 e. The molecule has 0 saturated carbocycles. The number of esters is 1. The Morgan fingerprint density at radius 3 is 2.68 bits per heavy atom. The Morgan fingerprint density at radius 2 is 2.11 bits per heavy atom. The van der Waals surface area contributed by atoms with Crippen molar-refractivity contribution in [3.63, 3.8) is 0 Å². The van der Waals surface area contributed by atoms with E-state index in [-0.39, 0.29) is 19.1 Å². The highest BCUT2D eigenvalue weighted by Gasteiger charge is 2.33. The van der Waals surface area contributed by atoms with Gasteiger partial charge in [-0.25, -0.2) is 0 Å². The van der Waals surface area contributed by atoms with Crippen LogP contribution in [0.25, 0.3) is 0 Å². The summed E-state index contributed by atoms with van der Waals surface area (Å²) >= 11 is 0. The standard InChI is InChI=1S/C12H21NO6/c1-7(2)18-11-5-8(14)4-9(19-11)12(16)13-6-10(15)17-3/h7-9,11,14H,4-6H2,1-3H3,(H,13,16). The minimum absolute atomic E-state index is 0.0610. The van der Waals surface area contributed by atoms with Crippen molar-refractivity contribution >= 4 is 11.9 Å². The fourth-order valence-corrected chi connectivity index (χ4v) is 1.77. The molecule has 3 atom stereocenters. The summed E-state index contributed by atoms with van der Waals surface area (Å²) in [4.78, 5) is 22.7. The zero-order valence-corrected chi connectivity index (χ0v) is 11.4. The number of nitrogens with one attached hydrogen (secondary N) is 1. The predicted molar refractivity (Wildman–Crippen MR) is 65.1 cm³/mol. The SMILES string of the molecule is COC(=O)CNC(=O)C1CC(O)CC(OC(C)C)O1. The lowest BCUT2D eigenvalue weighted by Crippen LogP contribution is -2.47. The van der Waals surface area contributed by atoms with Crippen LogP contribution in [0.15, 0.2) is 0 Å². The van der Waals surface area contributed by atoms with Gasteiger partial charge in [0.25, 0.3) is 0 Å². The molecule has 7 heteroatoms. The Balaban J connectivity index is 2.47. The molecule has 0 spiro atoms. The van der Waals surface area contributed by atoms with E-state index in [4.69, 9.17) is 9.47 Å². The Morgan fingerprint density at radius 1 is 1.42 bits per heavy atom. The van der Waals surface area contributed by atoms with E-state index in [0.29, 0.717) is 6.42 Å². The Kier molecular flexibility index (Phi) is 6.20. The zero-order chi connectivity index (χ0) is 14.4. The van der Waals surface area contributed by atoms with Crippen LogP contribution in [0.5, 0.6) is 0 Å². The number of carbonyl (C=O) groups excluding carboxylic acids is 2. The van der Waals surface area contributed by atoms with Crippen molar-refractivity contribution in [2.24, 2.45) is 0 Å². The first-order valence-electron chi connectivity index (χ1n) is 6.26. The van der Waals surface area contributed by atoms with Crippen molar-refractivity contribution in [1.29, 1.82) is 0 Å². The zero-order valence-electron chi connectivity index (χ0n) is 11.4. The number of aliphatic hydroxyl groups excluding tert-OH is 1. The molecular formula is C12H21NO6. The maximum absolute atomic E-state index is 11.8. The first-order chi connectivity index (χ1) is 8.92. The van der Waals surface area contributed by atoms with Gasteiger partial charge in [0.1, 0.15) is 12.6 Å². The second-order valence-electron chi connectivity index (χ2n) is 4.66. The lowest BCUT2D eigenvalue weighted by Gasteiger charge is -2.33. The van der Waals surface area contributed by atoms with Crippen molar-refractivity contribution in [3.05, 3.63) is 0 Å². The maximum atomic E-state index is 11.8. The first kappa shape index (κ1) is 15.9. The molecule has 110 valence electrons. The highest BCUT2D eigenvalue weighted by Crippen LogP contribution is 2.21. The number of hydrogen-bond donors (Lipinski definition) is 2. The molecule has 1 fully saturated rings. The second kappa shape index (κ2) is 7.42. The summed E-state index contributed by atoms with van der Waals surface area (Å²) in [7, 11) is 1.24. The van der Waals surface area contributed by atoms with Crippen molar-refractivity contribution < 1.29 is 28.9 Å². The molecule has 1 aliphatic rings. The largest absolute Gasteiger partial charge is 0.468 e. The van der Waals surface area contributed by atoms with Crippen LogP contribution in [0.1, 0.15) is 26.7 Å². The van der Waals surface area contributed by atoms with Gasteiger partial charge in [-0.05, 0) is 13.8 Å². The third kappa shape index (κ3) is 5.54. The number of rotatable bonds is 5. The average Bonchev–Trinajstić information content (AvgIpc) is 2.33. The van der Waals surface area contributed by atoms with Crippen LogP contribution in [-0.4, -0.2) is 55.2 Å². The summed E-state index contributed by atoms with van der Waals surface area (Å²) in [6, 6.07) is 0. The Bertz CT molecular complexity index is 317. The van der Waals surface area contributed by atoms with E-state index in [1.54, 1.807) is 0 Å². The molecule has 1 aliphatic heterocycles. The highest BCUT2D eigenvalue weighted by molar-refractivity contribution is 5.85. The smallest absolute Gasteiger partial charge is 0.325 e. The van der Waals surface area contributed by atoms with Gasteiger partial charge in [-0.3, -0.25) is 9.59 Å². The number of carbonyl (C=O) groups is 2. The third-order valence-electron chi connectivity index (χ3n) is 2.62. The van der Waals surface area contributed by atoms with Crippen molar-refractivity contribution in [1.82, 2.24) is 5.32 Å². The van der Waals surface area contributed by atoms with Gasteiger partial charge in [-0.1, -0.05) is 0 Å². The molecule has 0 aromatic rings. The van der Waals surface area contributed by atoms with E-state index in [1.807, 2.05) is 13.8 Å². The van der Waals surface area contributed by atoms with E-state index < -0.39 is 30.4 Å². The minimum Gasteiger partial charge on any atom is -0.468 e. The first-order valence-corrected chi connectivity index (χ1v) is 6.26. The van der Waals surface area contributed by atoms with Gasteiger partial charge in [0.15, 0.2) is 6.29 Å². The second-order valence-corrected chi connectivity index (χ2v) is 4.66. The molecule has 1 saturated heterocycles. The predicted octanol–water partition coefficient (Wildman–Crippen LogP) is -0.433. The number of aliphatic hydroxyl groups is 1. The van der Waals surface area contributed by atoms with Gasteiger partial charge in [-0.2, -0.15) is 0 Å². The molecule has 1 amide bonds. The van der Waals surface area contributed by atoms with Gasteiger partial charge >= 0.3 is 5.97 Å². The van der Waals surface area contributed by atoms with E-state index in [9.17, 15) is 14.7 Å². The van der Waals surface area contributed by atoms with Gasteiger partial charge in [0.2, 0.25) is 5.91 Å². The van der Waals surface area contributed by atoms with Crippen LogP contribution in [0.4, 0.5) is 0 Å². The molecule has 0 radical (unpaired) electrons. The van der Waals surface area contributed by atoms with Gasteiger partial charge in [-0.15, -0.1) is 0 Å². The van der Waals surface area contributed by atoms with Crippen molar-refractivity contribution in [2.75, 3.05) is 13.7 Å². The summed E-state index contributed by atoms with van der Waals surface area (Å²) < 4.78 is 15.3. The van der Waals surface area contributed by atoms with Crippen LogP contribution in [0.2, 0.25) is 0 Å². The molecule has 0 aliphatic carbocycles. The average molecular weight is 275 g/mol. The lowest BCUT2D eigenvalue weighted by atomic mass is 10.0. The number of hydrogen-bond acceptors (Lipinski definition) is 6. The van der Waals surface area contributed by atoms with E-state index >= 15 is 0 Å². The summed E-state index contributed by atoms with van der Waals surface area (Å²) in [6.07, 6.45) is -1.64. The number of ether oxygens (including phenoxy) is 3. The topological polar surface area (TPSA) is 94.1 Å². The van der Waals surface area contributed by atoms with E-state index in [1.165, 1.54) is 7.11 Å². The van der Waals surface area contributed by atoms with Crippen LogP contribution in [-0.2, 0) is 23.8 Å². The van der Waals surface area contributed by atoms with Gasteiger partial charge in [0, 0.05) is 12.8 Å². The van der Waals surface area contributed by atoms with Crippen LogP contribution < -0.4 is 5.32 Å². The van der Waals surface area contributed by atoms with E-state index in [2.05, 4.69) is 10.1 Å². The summed E-state index contributed by atoms with van der Waals surface area (Å²) in [5.74, 6) is -0.999. The van der Waals surface area contributed by atoms with Crippen molar-refractivity contribution in [2.45, 2.75) is 51.3 Å². The highest BCUT2D eigenvalue weighted by atomic mass is 16.7. The molecule has 0 bridgehead atoms. The number of amides is 1. The quantitative estimate of drug-likeness (QED) is 0.661. The van der Waals surface area contributed by atoms with Crippen molar-refractivity contribution in [3.8, 4) is 0 Å². The molecule has 0 aromatic heterocycles. The fraction of sp³-hybridized carbons (Fsp3) is 0.833. The Labute approximate surface area is 112 Å². The molecular weight excluding hydrogens is 254 g/mol. The normalized spacial score (nSPS) is 27.1. The molecule has 1 rings (SSSR count). The summed E-state index contributed by atoms with van der Waals surface area (Å²) in [6.45, 7) is 3.47. The van der Waals surface area contributed by atoms with Gasteiger partial charge in [0.05, 0.1) is 19.3 Å². The fourth-order valence-electron chi connectivity index (χ4n) is 1.77. The monoisotopic (exact) mass is 275 g/mol. The van der Waals surface area contributed by atoms with Crippen LogP contribution in [0, 0.1) is 0 Å². The summed E-state index contributed by atoms with van der Waals surface area (Å²) in [5.41, 5.74) is 0. The van der Waals surface area contributed by atoms with E-state index in [0.717, 1.165) is 0 Å². The third-order valence-corrected chi connectivity index (χ3v) is 2.62. The molecule has 0 aromatic carbocycles. The molecule has 19 heavy (non-hydrogen) atoms. The van der Waals surface area contributed by atoms with Crippen LogP contribution >= 0.6 is 0 Å². The molecule has 3 unspecified atom stereocenters. The summed E-state index contributed by atoms with van der Waals surface area (Å²) in [5, 5.41) is 12.1. The lowest BCUT2D eigenvalue weighted by molar-refractivity contribution is -0.226. The molecule has 2 N–H and O–H groups in total. The van der Waals surface area contributed by atoms with Gasteiger partial charge < -0.3 is 24.6 Å². The molecule has 1 heterocycles. The van der Waals surface area contributed by atoms with Crippen LogP contribution in [0.3, 0.4) is 0 Å².